The van der Waals surface area contributed by atoms with E-state index in [9.17, 15) is 8.42 Å². The maximum atomic E-state index is 12.2. The van der Waals surface area contributed by atoms with Gasteiger partial charge in [-0.3, -0.25) is 0 Å². The third-order valence-corrected chi connectivity index (χ3v) is 6.52. The molecule has 1 aromatic carbocycles. The monoisotopic (exact) mass is 368 g/mol. The Balaban J connectivity index is 1.97. The molecule has 0 unspecified atom stereocenters. The Morgan fingerprint density at radius 2 is 1.08 bits per heavy atom. The fraction of sp³-hybridized carbons (Fsp3) is 0.714. The van der Waals surface area contributed by atoms with Gasteiger partial charge in [0.25, 0.3) is 0 Å². The van der Waals surface area contributed by atoms with Crippen molar-refractivity contribution < 1.29 is 13.5 Å². The van der Waals surface area contributed by atoms with Crippen LogP contribution >= 0.6 is 0 Å². The number of aryl methyl sites for hydroxylation is 1. The van der Waals surface area contributed by atoms with E-state index >= 15 is 0 Å². The highest BCUT2D eigenvalue weighted by atomic mass is 32.2. The number of hydrogen-bond donors (Lipinski definition) is 1. The first kappa shape index (κ1) is 22.2. The van der Waals surface area contributed by atoms with Gasteiger partial charge in [-0.1, -0.05) is 81.9 Å². The zero-order valence-electron chi connectivity index (χ0n) is 15.9. The summed E-state index contributed by atoms with van der Waals surface area (Å²) in [6, 6.07) is 7.15. The van der Waals surface area contributed by atoms with Crippen LogP contribution in [-0.2, 0) is 9.84 Å². The van der Waals surface area contributed by atoms with Gasteiger partial charge in [0.1, 0.15) is 0 Å². The van der Waals surface area contributed by atoms with Gasteiger partial charge in [0.05, 0.1) is 10.6 Å². The van der Waals surface area contributed by atoms with Gasteiger partial charge in [-0.2, -0.15) is 0 Å². The van der Waals surface area contributed by atoms with Crippen molar-refractivity contribution in [2.45, 2.75) is 88.9 Å². The zero-order valence-corrected chi connectivity index (χ0v) is 16.7. The molecule has 0 saturated heterocycles. The first-order valence-electron chi connectivity index (χ1n) is 9.96. The van der Waals surface area contributed by atoms with Crippen LogP contribution in [0, 0.1) is 6.92 Å². The summed E-state index contributed by atoms with van der Waals surface area (Å²) in [5.41, 5.74) is 1.09. The lowest BCUT2D eigenvalue weighted by molar-refractivity contribution is 0.282. The molecule has 25 heavy (non-hydrogen) atoms. The largest absolute Gasteiger partial charge is 0.396 e. The van der Waals surface area contributed by atoms with Crippen LogP contribution in [0.5, 0.6) is 0 Å². The Hall–Kier alpha value is -0.870. The van der Waals surface area contributed by atoms with Crippen LogP contribution in [0.4, 0.5) is 0 Å². The molecule has 0 aliphatic carbocycles. The quantitative estimate of drug-likeness (QED) is 0.419. The van der Waals surface area contributed by atoms with Crippen molar-refractivity contribution in [1.82, 2.24) is 0 Å². The van der Waals surface area contributed by atoms with Gasteiger partial charge in [0.2, 0.25) is 0 Å². The highest BCUT2D eigenvalue weighted by Gasteiger charge is 2.13. The van der Waals surface area contributed by atoms with Crippen LogP contribution in [0.2, 0.25) is 0 Å². The standard InChI is InChI=1S/C21H36O3S/c1-20-14-16-21(17-15-20)25(23,24)19-13-11-9-7-5-3-2-4-6-8-10-12-18-22/h14-17,22H,2-13,18-19H2,1H3. The summed E-state index contributed by atoms with van der Waals surface area (Å²) < 4.78 is 24.5. The molecule has 0 bridgehead atoms. The fourth-order valence-corrected chi connectivity index (χ4v) is 4.41. The molecule has 0 spiro atoms. The molecule has 0 amide bonds. The number of sulfone groups is 1. The van der Waals surface area contributed by atoms with Crippen molar-refractivity contribution in [2.24, 2.45) is 0 Å². The molecule has 0 saturated carbocycles. The molecule has 4 heteroatoms. The number of benzene rings is 1. The Labute approximate surface area is 154 Å². The summed E-state index contributed by atoms with van der Waals surface area (Å²) in [5.74, 6) is 0.268. The van der Waals surface area contributed by atoms with E-state index in [0.717, 1.165) is 37.7 Å². The molecule has 1 N–H and O–H groups in total. The topological polar surface area (TPSA) is 54.4 Å². The molecule has 1 rings (SSSR count). The van der Waals surface area contributed by atoms with E-state index in [1.165, 1.54) is 44.9 Å². The number of rotatable bonds is 15. The first-order chi connectivity index (χ1) is 12.1. The number of unbranched alkanes of at least 4 members (excludes halogenated alkanes) is 11. The lowest BCUT2D eigenvalue weighted by Gasteiger charge is -2.05. The summed E-state index contributed by atoms with van der Waals surface area (Å²) in [5, 5.41) is 8.71. The van der Waals surface area contributed by atoms with Crippen molar-refractivity contribution in [3.8, 4) is 0 Å². The average Bonchev–Trinajstić information content (AvgIpc) is 2.59. The SMILES string of the molecule is Cc1ccc(S(=O)(=O)CCCCCCCCCCCCCCO)cc1. The predicted molar refractivity (Wildman–Crippen MR) is 106 cm³/mol. The van der Waals surface area contributed by atoms with Crippen LogP contribution in [0.15, 0.2) is 29.2 Å². The van der Waals surface area contributed by atoms with E-state index < -0.39 is 9.84 Å². The van der Waals surface area contributed by atoms with Crippen molar-refractivity contribution in [3.05, 3.63) is 29.8 Å². The third kappa shape index (κ3) is 10.7. The minimum Gasteiger partial charge on any atom is -0.396 e. The lowest BCUT2D eigenvalue weighted by Crippen LogP contribution is -2.06. The number of hydrogen-bond acceptors (Lipinski definition) is 3. The summed E-state index contributed by atoms with van der Waals surface area (Å²) in [6.07, 6.45) is 13.9. The van der Waals surface area contributed by atoms with Gasteiger partial charge in [0.15, 0.2) is 9.84 Å². The Kier molecular flexibility index (Phi) is 11.8. The third-order valence-electron chi connectivity index (χ3n) is 4.70. The van der Waals surface area contributed by atoms with Crippen LogP contribution in [0.1, 0.15) is 82.6 Å². The van der Waals surface area contributed by atoms with Gasteiger partial charge in [-0.05, 0) is 31.9 Å². The van der Waals surface area contributed by atoms with Gasteiger partial charge >= 0.3 is 0 Å². The molecule has 0 aliphatic heterocycles. The number of aliphatic hydroxyl groups is 1. The van der Waals surface area contributed by atoms with E-state index in [1.54, 1.807) is 12.1 Å². The molecular formula is C21H36O3S. The molecule has 0 aromatic heterocycles. The summed E-state index contributed by atoms with van der Waals surface area (Å²) in [6.45, 7) is 2.29. The van der Waals surface area contributed by atoms with Gasteiger partial charge in [-0.25, -0.2) is 8.42 Å². The maximum absolute atomic E-state index is 12.2. The summed E-state index contributed by atoms with van der Waals surface area (Å²) in [4.78, 5) is 0.456. The minimum absolute atomic E-state index is 0.268. The molecule has 144 valence electrons. The summed E-state index contributed by atoms with van der Waals surface area (Å²) >= 11 is 0. The molecular weight excluding hydrogens is 332 g/mol. The maximum Gasteiger partial charge on any atom is 0.178 e. The smallest absolute Gasteiger partial charge is 0.178 e. The minimum atomic E-state index is -3.11. The van der Waals surface area contributed by atoms with Crippen LogP contribution in [0.3, 0.4) is 0 Å². The van der Waals surface area contributed by atoms with Gasteiger partial charge < -0.3 is 5.11 Å². The Bertz CT molecular complexity index is 535. The molecule has 0 aliphatic rings. The van der Waals surface area contributed by atoms with Gasteiger partial charge in [0, 0.05) is 6.61 Å². The highest BCUT2D eigenvalue weighted by molar-refractivity contribution is 7.91. The van der Waals surface area contributed by atoms with Crippen molar-refractivity contribution >= 4 is 9.84 Å². The normalized spacial score (nSPS) is 11.8. The highest BCUT2D eigenvalue weighted by Crippen LogP contribution is 2.16. The van der Waals surface area contributed by atoms with E-state index in [2.05, 4.69) is 0 Å². The molecule has 0 heterocycles. The zero-order chi connectivity index (χ0) is 18.4. The summed E-state index contributed by atoms with van der Waals surface area (Å²) in [7, 11) is -3.11. The van der Waals surface area contributed by atoms with Crippen LogP contribution in [0.25, 0.3) is 0 Å². The predicted octanol–water partition coefficient (Wildman–Crippen LogP) is 5.44. The second kappa shape index (κ2) is 13.3. The number of aliphatic hydroxyl groups excluding tert-OH is 1. The Morgan fingerprint density at radius 1 is 0.680 bits per heavy atom. The second-order valence-electron chi connectivity index (χ2n) is 7.10. The van der Waals surface area contributed by atoms with E-state index in [4.69, 9.17) is 5.11 Å². The second-order valence-corrected chi connectivity index (χ2v) is 9.21. The van der Waals surface area contributed by atoms with E-state index in [1.807, 2.05) is 19.1 Å². The van der Waals surface area contributed by atoms with Crippen LogP contribution in [-0.4, -0.2) is 25.9 Å². The Morgan fingerprint density at radius 3 is 1.52 bits per heavy atom. The average molecular weight is 369 g/mol. The molecule has 0 atom stereocenters. The van der Waals surface area contributed by atoms with Crippen molar-refractivity contribution in [1.29, 1.82) is 0 Å². The molecule has 3 nitrogen and oxygen atoms in total. The molecule has 0 radical (unpaired) electrons. The van der Waals surface area contributed by atoms with E-state index in [0.29, 0.717) is 11.5 Å². The van der Waals surface area contributed by atoms with Crippen molar-refractivity contribution in [3.63, 3.8) is 0 Å². The van der Waals surface area contributed by atoms with E-state index in [-0.39, 0.29) is 5.75 Å². The molecule has 1 aromatic rings. The van der Waals surface area contributed by atoms with Gasteiger partial charge in [-0.15, -0.1) is 0 Å². The first-order valence-corrected chi connectivity index (χ1v) is 11.6. The van der Waals surface area contributed by atoms with Crippen LogP contribution < -0.4 is 0 Å². The van der Waals surface area contributed by atoms with Crippen molar-refractivity contribution in [2.75, 3.05) is 12.4 Å². The fourth-order valence-electron chi connectivity index (χ4n) is 3.04. The lowest BCUT2D eigenvalue weighted by atomic mass is 10.1. The molecule has 0 fully saturated rings.